The Morgan fingerprint density at radius 3 is 2.58 bits per heavy atom. The molecule has 6 nitrogen and oxygen atoms in total. The summed E-state index contributed by atoms with van der Waals surface area (Å²) < 4.78 is 43.6. The van der Waals surface area contributed by atoms with Gasteiger partial charge >= 0.3 is 0 Å². The fourth-order valence-corrected chi connectivity index (χ4v) is 4.93. The molecule has 2 unspecified atom stereocenters. The number of pyridine rings is 2. The molecule has 200 valence electrons. The zero-order valence-corrected chi connectivity index (χ0v) is 23.2. The van der Waals surface area contributed by atoms with Gasteiger partial charge in [-0.05, 0) is 62.9 Å². The number of aliphatic imine (C=N–C) groups is 1. The van der Waals surface area contributed by atoms with Crippen molar-refractivity contribution < 1.29 is 13.0 Å². The molecule has 0 saturated heterocycles. The lowest BCUT2D eigenvalue weighted by Gasteiger charge is -2.16. The van der Waals surface area contributed by atoms with Crippen molar-refractivity contribution in [1.29, 1.82) is 0 Å². The van der Waals surface area contributed by atoms with E-state index in [1.165, 1.54) is 36.7 Å². The third-order valence-corrected chi connectivity index (χ3v) is 7.26. The first-order valence-electron chi connectivity index (χ1n) is 11.8. The molecule has 3 aromatic rings. The SMILES string of the molecule is C/C=C/N=C(/C(F)=C/n1c(C)cc(C(C)Cc2ccc(C)[nH]c2=O)c(Cl)c1=O)c1cccc(S(C)=O)c1F. The molecule has 0 aliphatic rings. The van der Waals surface area contributed by atoms with Crippen molar-refractivity contribution in [2.24, 2.45) is 4.99 Å². The van der Waals surface area contributed by atoms with Crippen LogP contribution in [-0.4, -0.2) is 25.7 Å². The topological polar surface area (TPSA) is 84.3 Å². The summed E-state index contributed by atoms with van der Waals surface area (Å²) in [7, 11) is -1.64. The quantitative estimate of drug-likeness (QED) is 0.353. The molecular formula is C28H28ClF2N3O3S. The summed E-state index contributed by atoms with van der Waals surface area (Å²) in [5.74, 6) is -2.13. The van der Waals surface area contributed by atoms with E-state index >= 15 is 8.78 Å². The molecule has 2 atom stereocenters. The summed E-state index contributed by atoms with van der Waals surface area (Å²) in [6, 6.07) is 9.32. The lowest BCUT2D eigenvalue weighted by Crippen LogP contribution is -2.23. The van der Waals surface area contributed by atoms with Crippen LogP contribution < -0.4 is 11.1 Å². The number of aromatic nitrogens is 2. The summed E-state index contributed by atoms with van der Waals surface area (Å²) in [5, 5.41) is -0.114. The Kier molecular flexibility index (Phi) is 9.51. The molecule has 3 rings (SSSR count). The lowest BCUT2D eigenvalue weighted by molar-refractivity contribution is 0.591. The Bertz CT molecular complexity index is 1610. The molecule has 38 heavy (non-hydrogen) atoms. The zero-order valence-electron chi connectivity index (χ0n) is 21.6. The van der Waals surface area contributed by atoms with Crippen LogP contribution >= 0.6 is 11.6 Å². The zero-order chi connectivity index (χ0) is 28.1. The van der Waals surface area contributed by atoms with E-state index in [9.17, 15) is 13.8 Å². The second kappa shape index (κ2) is 12.4. The average Bonchev–Trinajstić information content (AvgIpc) is 2.86. The highest BCUT2D eigenvalue weighted by molar-refractivity contribution is 7.84. The van der Waals surface area contributed by atoms with E-state index in [-0.39, 0.29) is 32.7 Å². The number of nitrogens with one attached hydrogen (secondary N) is 1. The van der Waals surface area contributed by atoms with Crippen molar-refractivity contribution in [3.8, 4) is 0 Å². The van der Waals surface area contributed by atoms with E-state index in [4.69, 9.17) is 11.6 Å². The monoisotopic (exact) mass is 559 g/mol. The molecule has 2 heterocycles. The highest BCUT2D eigenvalue weighted by Crippen LogP contribution is 2.26. The Morgan fingerprint density at radius 2 is 1.95 bits per heavy atom. The Hall–Kier alpha value is -3.43. The van der Waals surface area contributed by atoms with Crippen molar-refractivity contribution in [3.05, 3.63) is 114 Å². The number of aromatic amines is 1. The van der Waals surface area contributed by atoms with Crippen LogP contribution in [0, 0.1) is 19.7 Å². The number of halogens is 3. The first-order valence-corrected chi connectivity index (χ1v) is 13.7. The normalized spacial score (nSPS) is 14.2. The van der Waals surface area contributed by atoms with Gasteiger partial charge in [0.25, 0.3) is 11.1 Å². The Balaban J connectivity index is 2.07. The van der Waals surface area contributed by atoms with Gasteiger partial charge in [-0.25, -0.2) is 8.78 Å². The van der Waals surface area contributed by atoms with Crippen LogP contribution in [0.5, 0.6) is 0 Å². The van der Waals surface area contributed by atoms with Crippen molar-refractivity contribution >= 4 is 34.3 Å². The maximum atomic E-state index is 15.6. The molecule has 1 N–H and O–H groups in total. The van der Waals surface area contributed by atoms with Crippen molar-refractivity contribution in [2.75, 3.05) is 6.26 Å². The van der Waals surface area contributed by atoms with Crippen LogP contribution in [0.15, 0.2) is 74.0 Å². The third-order valence-electron chi connectivity index (χ3n) is 5.95. The summed E-state index contributed by atoms with van der Waals surface area (Å²) in [6.45, 7) is 6.90. The number of nitrogens with zero attached hydrogens (tertiary/aromatic N) is 2. The average molecular weight is 560 g/mol. The van der Waals surface area contributed by atoms with Gasteiger partial charge < -0.3 is 4.98 Å². The number of rotatable bonds is 8. The van der Waals surface area contributed by atoms with Gasteiger partial charge in [0.1, 0.15) is 16.6 Å². The van der Waals surface area contributed by atoms with Gasteiger partial charge in [-0.1, -0.05) is 36.7 Å². The number of hydrogen-bond donors (Lipinski definition) is 1. The fourth-order valence-electron chi connectivity index (χ4n) is 3.97. The number of benzene rings is 1. The minimum atomic E-state index is -1.64. The minimum Gasteiger partial charge on any atom is -0.326 e. The van der Waals surface area contributed by atoms with Crippen LogP contribution in [-0.2, 0) is 17.2 Å². The first-order chi connectivity index (χ1) is 18.0. The molecule has 0 spiro atoms. The smallest absolute Gasteiger partial charge is 0.273 e. The molecular weight excluding hydrogens is 532 g/mol. The predicted octanol–water partition coefficient (Wildman–Crippen LogP) is 5.82. The molecule has 0 aliphatic heterocycles. The summed E-state index contributed by atoms with van der Waals surface area (Å²) in [5.41, 5.74) is 0.739. The van der Waals surface area contributed by atoms with Crippen LogP contribution in [0.3, 0.4) is 0 Å². The molecule has 0 saturated carbocycles. The van der Waals surface area contributed by atoms with E-state index in [1.54, 1.807) is 39.0 Å². The van der Waals surface area contributed by atoms with Gasteiger partial charge in [0.05, 0.1) is 21.9 Å². The second-order valence-corrected chi connectivity index (χ2v) is 10.6. The Morgan fingerprint density at radius 1 is 1.24 bits per heavy atom. The van der Waals surface area contributed by atoms with E-state index in [2.05, 4.69) is 9.98 Å². The molecule has 0 amide bonds. The maximum absolute atomic E-state index is 15.6. The van der Waals surface area contributed by atoms with Crippen LogP contribution in [0.1, 0.15) is 47.8 Å². The van der Waals surface area contributed by atoms with E-state index < -0.39 is 28.0 Å². The molecule has 10 heteroatoms. The van der Waals surface area contributed by atoms with Crippen molar-refractivity contribution in [1.82, 2.24) is 9.55 Å². The van der Waals surface area contributed by atoms with Gasteiger partial charge in [0, 0.05) is 35.0 Å². The first kappa shape index (κ1) is 29.1. The molecule has 0 fully saturated rings. The predicted molar refractivity (Wildman–Crippen MR) is 150 cm³/mol. The van der Waals surface area contributed by atoms with Gasteiger partial charge in [-0.3, -0.25) is 23.4 Å². The number of H-pyrrole nitrogens is 1. The lowest BCUT2D eigenvalue weighted by atomic mass is 9.94. The Labute approximate surface area is 226 Å². The molecule has 0 radical (unpaired) electrons. The van der Waals surface area contributed by atoms with Crippen LogP contribution in [0.25, 0.3) is 6.20 Å². The highest BCUT2D eigenvalue weighted by atomic mass is 35.5. The fraction of sp³-hybridized carbons (Fsp3) is 0.250. The van der Waals surface area contributed by atoms with Gasteiger partial charge in [-0.2, -0.15) is 0 Å². The van der Waals surface area contributed by atoms with E-state index in [0.29, 0.717) is 23.2 Å². The standard InChI is InChI=1S/C28H28ClF2N3O3S/c1-6-12-32-26(20-8-7-9-23(25(20)31)38(5)37)22(30)15-34-18(4)14-21(24(29)28(34)36)16(2)13-19-11-10-17(3)33-27(19)35/h6-12,14-16H,13H2,1-5H3,(H,33,35)/b12-6+,22-15-,32-26+. The van der Waals surface area contributed by atoms with Gasteiger partial charge in [-0.15, -0.1) is 0 Å². The van der Waals surface area contributed by atoms with Crippen LogP contribution in [0.4, 0.5) is 8.78 Å². The third kappa shape index (κ3) is 6.34. The van der Waals surface area contributed by atoms with E-state index in [0.717, 1.165) is 16.5 Å². The summed E-state index contributed by atoms with van der Waals surface area (Å²) in [6.07, 6.45) is 5.39. The number of allylic oxidation sites excluding steroid dienone is 2. The largest absolute Gasteiger partial charge is 0.326 e. The van der Waals surface area contributed by atoms with Crippen molar-refractivity contribution in [2.45, 2.75) is 44.9 Å². The number of aryl methyl sites for hydroxylation is 2. The summed E-state index contributed by atoms with van der Waals surface area (Å²) in [4.78, 5) is 32.1. The molecule has 0 aliphatic carbocycles. The molecule has 1 aromatic carbocycles. The molecule has 2 aromatic heterocycles. The van der Waals surface area contributed by atoms with Gasteiger partial charge in [0.2, 0.25) is 0 Å². The van der Waals surface area contributed by atoms with E-state index in [1.807, 2.05) is 6.92 Å². The van der Waals surface area contributed by atoms with Gasteiger partial charge in [0.15, 0.2) is 5.83 Å². The summed E-state index contributed by atoms with van der Waals surface area (Å²) >= 11 is 6.43. The van der Waals surface area contributed by atoms with Crippen molar-refractivity contribution in [3.63, 3.8) is 0 Å². The number of hydrogen-bond acceptors (Lipinski definition) is 4. The molecule has 0 bridgehead atoms. The highest BCUT2D eigenvalue weighted by Gasteiger charge is 2.21. The van der Waals surface area contributed by atoms with Crippen LogP contribution in [0.2, 0.25) is 5.02 Å². The maximum Gasteiger partial charge on any atom is 0.273 e. The minimum absolute atomic E-state index is 0.0920. The second-order valence-electron chi connectivity index (χ2n) is 8.84.